The van der Waals surface area contributed by atoms with Crippen LogP contribution in [0.5, 0.6) is 0 Å². The van der Waals surface area contributed by atoms with Gasteiger partial charge in [0.25, 0.3) is 15.9 Å². The van der Waals surface area contributed by atoms with Crippen LogP contribution in [0.3, 0.4) is 0 Å². The van der Waals surface area contributed by atoms with Gasteiger partial charge in [0.05, 0.1) is 4.90 Å². The van der Waals surface area contributed by atoms with Crippen molar-refractivity contribution in [3.8, 4) is 0 Å². The fraction of sp³-hybridized carbons (Fsp3) is 0.444. The number of aryl methyl sites for hydroxylation is 1. The van der Waals surface area contributed by atoms with Gasteiger partial charge in [-0.05, 0) is 38.0 Å². The molecule has 1 aromatic heterocycles. The minimum atomic E-state index is -3.85. The Morgan fingerprint density at radius 3 is 2.54 bits per heavy atom. The zero-order valence-corrected chi connectivity index (χ0v) is 15.5. The zero-order chi connectivity index (χ0) is 18.6. The molecule has 8 heteroatoms. The van der Waals surface area contributed by atoms with Crippen molar-refractivity contribution in [1.29, 1.82) is 0 Å². The van der Waals surface area contributed by atoms with Gasteiger partial charge in [0.2, 0.25) is 0 Å². The van der Waals surface area contributed by atoms with Crippen molar-refractivity contribution in [1.82, 2.24) is 10.5 Å². The first-order valence-corrected chi connectivity index (χ1v) is 10.3. The molecule has 1 heterocycles. The molecule has 0 saturated heterocycles. The van der Waals surface area contributed by atoms with E-state index in [0.29, 0.717) is 11.3 Å². The Balaban J connectivity index is 1.73. The quantitative estimate of drug-likeness (QED) is 0.779. The van der Waals surface area contributed by atoms with Crippen LogP contribution >= 0.6 is 0 Å². The van der Waals surface area contributed by atoms with Gasteiger partial charge in [0, 0.05) is 17.7 Å². The maximum absolute atomic E-state index is 12.5. The van der Waals surface area contributed by atoms with Crippen LogP contribution in [0.4, 0.5) is 5.82 Å². The second kappa shape index (κ2) is 7.90. The molecule has 1 fully saturated rings. The number of benzene rings is 1. The summed E-state index contributed by atoms with van der Waals surface area (Å²) >= 11 is 0. The third kappa shape index (κ3) is 4.63. The molecule has 1 aliphatic carbocycles. The molecule has 2 N–H and O–H groups in total. The molecular formula is C18H23N3O4S. The van der Waals surface area contributed by atoms with Gasteiger partial charge in [-0.2, -0.15) is 0 Å². The van der Waals surface area contributed by atoms with Crippen LogP contribution in [0.1, 0.15) is 54.6 Å². The molecule has 0 unspecified atom stereocenters. The number of amides is 1. The molecule has 140 valence electrons. The molecule has 0 bridgehead atoms. The van der Waals surface area contributed by atoms with E-state index in [-0.39, 0.29) is 22.7 Å². The third-order valence-electron chi connectivity index (χ3n) is 4.46. The first-order valence-electron chi connectivity index (χ1n) is 8.81. The van der Waals surface area contributed by atoms with Gasteiger partial charge in [-0.3, -0.25) is 9.52 Å². The van der Waals surface area contributed by atoms with Gasteiger partial charge in [-0.15, -0.1) is 0 Å². The lowest BCUT2D eigenvalue weighted by Gasteiger charge is -2.16. The number of aromatic nitrogens is 1. The molecule has 1 aliphatic rings. The van der Waals surface area contributed by atoms with E-state index in [4.69, 9.17) is 4.52 Å². The van der Waals surface area contributed by atoms with E-state index >= 15 is 0 Å². The molecule has 0 spiro atoms. The lowest BCUT2D eigenvalue weighted by Crippen LogP contribution is -2.34. The molecule has 1 saturated carbocycles. The average Bonchev–Trinajstić information content (AvgIpc) is 2.85. The Morgan fingerprint density at radius 1 is 1.15 bits per heavy atom. The summed E-state index contributed by atoms with van der Waals surface area (Å²) in [6.07, 6.45) is 6.56. The minimum absolute atomic E-state index is 0.00618. The van der Waals surface area contributed by atoms with Gasteiger partial charge < -0.3 is 9.84 Å². The molecule has 1 aromatic carbocycles. The van der Waals surface area contributed by atoms with Crippen molar-refractivity contribution in [2.75, 3.05) is 4.72 Å². The number of carbonyl (C=O) groups is 1. The number of hydrogen-bond donors (Lipinski definition) is 2. The van der Waals surface area contributed by atoms with E-state index in [2.05, 4.69) is 15.2 Å². The van der Waals surface area contributed by atoms with E-state index in [1.807, 2.05) is 0 Å². The summed E-state index contributed by atoms with van der Waals surface area (Å²) in [5.74, 6) is 0.362. The summed E-state index contributed by atoms with van der Waals surface area (Å²) in [7, 11) is -3.85. The lowest BCUT2D eigenvalue weighted by atomic mass is 10.1. The molecule has 2 aromatic rings. The molecule has 3 rings (SSSR count). The van der Waals surface area contributed by atoms with E-state index in [1.54, 1.807) is 19.1 Å². The normalized spacial score (nSPS) is 16.0. The average molecular weight is 377 g/mol. The van der Waals surface area contributed by atoms with Crippen molar-refractivity contribution in [2.45, 2.75) is 56.4 Å². The summed E-state index contributed by atoms with van der Waals surface area (Å²) in [5.41, 5.74) is 0.327. The van der Waals surface area contributed by atoms with Crippen LogP contribution in [-0.4, -0.2) is 25.5 Å². The zero-order valence-electron chi connectivity index (χ0n) is 14.7. The SMILES string of the molecule is Cc1cc(NS(=O)(=O)c2cccc(C(=O)NC3CCCCCC3)c2)no1. The molecule has 0 radical (unpaired) electrons. The standard InChI is InChI=1S/C18H23N3O4S/c1-13-11-17(20-25-13)21-26(23,24)16-10-6-7-14(12-16)18(22)19-15-8-4-2-3-5-9-15/h6-7,10-12,15H,2-5,8-9H2,1H3,(H,19,22)(H,20,21). The highest BCUT2D eigenvalue weighted by atomic mass is 32.2. The van der Waals surface area contributed by atoms with Gasteiger partial charge in [0.1, 0.15) is 5.76 Å². The highest BCUT2D eigenvalue weighted by Gasteiger charge is 2.20. The highest BCUT2D eigenvalue weighted by Crippen LogP contribution is 2.19. The topological polar surface area (TPSA) is 101 Å². The molecule has 0 atom stereocenters. The van der Waals surface area contributed by atoms with Crippen LogP contribution in [-0.2, 0) is 10.0 Å². The van der Waals surface area contributed by atoms with Crippen molar-refractivity contribution in [3.05, 3.63) is 41.7 Å². The number of sulfonamides is 1. The Bertz CT molecular complexity index is 868. The Hall–Kier alpha value is -2.35. The monoisotopic (exact) mass is 377 g/mol. The number of nitrogens with zero attached hydrogens (tertiary/aromatic N) is 1. The van der Waals surface area contributed by atoms with E-state index < -0.39 is 10.0 Å². The smallest absolute Gasteiger partial charge is 0.263 e. The summed E-state index contributed by atoms with van der Waals surface area (Å²) in [5, 5.41) is 6.65. The highest BCUT2D eigenvalue weighted by molar-refractivity contribution is 7.92. The van der Waals surface area contributed by atoms with Gasteiger partial charge >= 0.3 is 0 Å². The van der Waals surface area contributed by atoms with Crippen LogP contribution in [0.15, 0.2) is 39.8 Å². The number of nitrogens with one attached hydrogen (secondary N) is 2. The van der Waals surface area contributed by atoms with Crippen LogP contribution in [0.2, 0.25) is 0 Å². The van der Waals surface area contributed by atoms with Crippen molar-refractivity contribution < 1.29 is 17.7 Å². The number of carbonyl (C=O) groups excluding carboxylic acids is 1. The molecule has 26 heavy (non-hydrogen) atoms. The number of rotatable bonds is 5. The largest absolute Gasteiger partial charge is 0.360 e. The van der Waals surface area contributed by atoms with Crippen molar-refractivity contribution >= 4 is 21.7 Å². The van der Waals surface area contributed by atoms with E-state index in [0.717, 1.165) is 25.7 Å². The fourth-order valence-corrected chi connectivity index (χ4v) is 4.14. The minimum Gasteiger partial charge on any atom is -0.360 e. The lowest BCUT2D eigenvalue weighted by molar-refractivity contribution is 0.0933. The first kappa shape index (κ1) is 18.4. The number of anilines is 1. The fourth-order valence-electron chi connectivity index (χ4n) is 3.11. The molecule has 7 nitrogen and oxygen atoms in total. The molecule has 0 aliphatic heterocycles. The summed E-state index contributed by atoms with van der Waals surface area (Å²) in [4.78, 5) is 12.5. The number of hydrogen-bond acceptors (Lipinski definition) is 5. The molecular weight excluding hydrogens is 354 g/mol. The Labute approximate surface area is 153 Å². The van der Waals surface area contributed by atoms with Crippen molar-refractivity contribution in [3.63, 3.8) is 0 Å². The predicted molar refractivity (Wildman–Crippen MR) is 97.4 cm³/mol. The van der Waals surface area contributed by atoms with Crippen LogP contribution in [0, 0.1) is 6.92 Å². The van der Waals surface area contributed by atoms with Gasteiger partial charge in [-0.1, -0.05) is 36.9 Å². The molecule has 1 amide bonds. The Kier molecular flexibility index (Phi) is 5.61. The van der Waals surface area contributed by atoms with E-state index in [1.165, 1.54) is 31.0 Å². The maximum Gasteiger partial charge on any atom is 0.263 e. The van der Waals surface area contributed by atoms with E-state index in [9.17, 15) is 13.2 Å². The van der Waals surface area contributed by atoms with Crippen molar-refractivity contribution in [2.24, 2.45) is 0 Å². The second-order valence-corrected chi connectivity index (χ2v) is 8.30. The third-order valence-corrected chi connectivity index (χ3v) is 5.82. The summed E-state index contributed by atoms with van der Waals surface area (Å²) in [6.45, 7) is 1.67. The van der Waals surface area contributed by atoms with Crippen LogP contribution < -0.4 is 10.0 Å². The van der Waals surface area contributed by atoms with Crippen LogP contribution in [0.25, 0.3) is 0 Å². The summed E-state index contributed by atoms with van der Waals surface area (Å²) < 4.78 is 32.2. The van der Waals surface area contributed by atoms with Gasteiger partial charge in [-0.25, -0.2) is 8.42 Å². The summed E-state index contributed by atoms with van der Waals surface area (Å²) in [6, 6.07) is 7.64. The maximum atomic E-state index is 12.5. The second-order valence-electron chi connectivity index (χ2n) is 6.62. The first-order chi connectivity index (χ1) is 12.4. The Morgan fingerprint density at radius 2 is 1.88 bits per heavy atom. The predicted octanol–water partition coefficient (Wildman–Crippen LogP) is 3.24. The van der Waals surface area contributed by atoms with Gasteiger partial charge in [0.15, 0.2) is 5.82 Å².